The van der Waals surface area contributed by atoms with Gasteiger partial charge >= 0.3 is 0 Å². The van der Waals surface area contributed by atoms with Crippen molar-refractivity contribution in [2.45, 2.75) is 6.92 Å². The lowest BCUT2D eigenvalue weighted by Gasteiger charge is -2.07. The van der Waals surface area contributed by atoms with Crippen molar-refractivity contribution in [3.8, 4) is 28.4 Å². The number of phenolic OH excluding ortho intramolecular Hbond substituents is 2. The van der Waals surface area contributed by atoms with E-state index in [-0.39, 0.29) is 11.5 Å². The Morgan fingerprint density at radius 2 is 1.40 bits per heavy atom. The van der Waals surface area contributed by atoms with Gasteiger partial charge in [-0.05, 0) is 54.4 Å². The molecule has 5 heteroatoms. The molecule has 3 rings (SSSR count). The molecule has 0 saturated carbocycles. The van der Waals surface area contributed by atoms with E-state index < -0.39 is 0 Å². The number of ether oxygens (including phenoxy) is 1. The van der Waals surface area contributed by atoms with Gasteiger partial charge in [-0.1, -0.05) is 30.3 Å². The third-order valence-corrected chi connectivity index (χ3v) is 3.62. The fourth-order valence-electron chi connectivity index (χ4n) is 2.35. The molecular weight excluding hydrogens is 316 g/mol. The van der Waals surface area contributed by atoms with Gasteiger partial charge in [-0.3, -0.25) is 0 Å². The van der Waals surface area contributed by atoms with Gasteiger partial charge in [-0.15, -0.1) is 10.2 Å². The average Bonchev–Trinajstić information content (AvgIpc) is 2.63. The zero-order valence-electron chi connectivity index (χ0n) is 13.8. The number of hydrogen-bond donors (Lipinski definition) is 2. The quantitative estimate of drug-likeness (QED) is 0.598. The third-order valence-electron chi connectivity index (χ3n) is 3.62. The van der Waals surface area contributed by atoms with Crippen molar-refractivity contribution >= 4 is 11.4 Å². The standard InChI is InChI=1S/C20H18N2O3/c1-2-25-16-10-7-14(8-11-16)15-9-12-20(24)18(13-15)22-21-17-5-3-4-6-19(17)23/h3-13,23-24H,2H2,1H3. The van der Waals surface area contributed by atoms with Crippen molar-refractivity contribution in [2.24, 2.45) is 10.2 Å². The topological polar surface area (TPSA) is 74.4 Å². The molecular formula is C20H18N2O3. The van der Waals surface area contributed by atoms with Crippen LogP contribution in [-0.4, -0.2) is 16.8 Å². The number of aromatic hydroxyl groups is 2. The lowest BCUT2D eigenvalue weighted by molar-refractivity contribution is 0.340. The maximum atomic E-state index is 10.0. The van der Waals surface area contributed by atoms with E-state index in [9.17, 15) is 10.2 Å². The van der Waals surface area contributed by atoms with E-state index >= 15 is 0 Å². The van der Waals surface area contributed by atoms with Crippen LogP contribution in [0.15, 0.2) is 77.0 Å². The predicted octanol–water partition coefficient (Wildman–Crippen LogP) is 5.58. The summed E-state index contributed by atoms with van der Waals surface area (Å²) in [5, 5.41) is 27.8. The largest absolute Gasteiger partial charge is 0.506 e. The number of phenols is 2. The molecule has 0 aromatic heterocycles. The minimum atomic E-state index is 0.0221. The SMILES string of the molecule is CCOc1ccc(-c2ccc(O)c(N=Nc3ccccc3O)c2)cc1. The maximum absolute atomic E-state index is 10.0. The van der Waals surface area contributed by atoms with Crippen LogP contribution in [0.2, 0.25) is 0 Å². The molecule has 0 spiro atoms. The van der Waals surface area contributed by atoms with E-state index in [2.05, 4.69) is 10.2 Å². The first kappa shape index (κ1) is 16.5. The second kappa shape index (κ2) is 7.49. The Morgan fingerprint density at radius 3 is 2.12 bits per heavy atom. The molecule has 3 aromatic carbocycles. The highest BCUT2D eigenvalue weighted by atomic mass is 16.5. The van der Waals surface area contributed by atoms with Crippen molar-refractivity contribution in [2.75, 3.05) is 6.61 Å². The van der Waals surface area contributed by atoms with Crippen molar-refractivity contribution in [1.29, 1.82) is 0 Å². The molecule has 0 fully saturated rings. The van der Waals surface area contributed by atoms with E-state index in [1.54, 1.807) is 30.3 Å². The second-order valence-corrected chi connectivity index (χ2v) is 5.35. The Balaban J connectivity index is 1.89. The highest BCUT2D eigenvalue weighted by Gasteiger charge is 2.05. The Hall–Kier alpha value is -3.34. The summed E-state index contributed by atoms with van der Waals surface area (Å²) in [6.07, 6.45) is 0. The lowest BCUT2D eigenvalue weighted by Crippen LogP contribution is -1.90. The Kier molecular flexibility index (Phi) is 4.95. The molecule has 3 aromatic rings. The third kappa shape index (κ3) is 3.95. The second-order valence-electron chi connectivity index (χ2n) is 5.35. The Bertz CT molecular complexity index is 890. The molecule has 0 aliphatic rings. The van der Waals surface area contributed by atoms with Crippen LogP contribution >= 0.6 is 0 Å². The first-order valence-electron chi connectivity index (χ1n) is 7.93. The number of hydrogen-bond acceptors (Lipinski definition) is 5. The average molecular weight is 334 g/mol. The van der Waals surface area contributed by atoms with Crippen LogP contribution in [0.3, 0.4) is 0 Å². The molecule has 0 bridgehead atoms. The zero-order valence-corrected chi connectivity index (χ0v) is 13.8. The van der Waals surface area contributed by atoms with Crippen molar-refractivity contribution < 1.29 is 14.9 Å². The van der Waals surface area contributed by atoms with Gasteiger partial charge in [0, 0.05) is 0 Å². The number of rotatable bonds is 5. The monoisotopic (exact) mass is 334 g/mol. The van der Waals surface area contributed by atoms with Crippen LogP contribution in [0.25, 0.3) is 11.1 Å². The Labute approximate surface area is 145 Å². The van der Waals surface area contributed by atoms with E-state index in [1.807, 2.05) is 37.3 Å². The molecule has 0 heterocycles. The van der Waals surface area contributed by atoms with Gasteiger partial charge in [-0.25, -0.2) is 0 Å². The molecule has 0 aliphatic heterocycles. The summed E-state index contributed by atoms with van der Waals surface area (Å²) in [7, 11) is 0. The van der Waals surface area contributed by atoms with Gasteiger partial charge in [0.05, 0.1) is 6.61 Å². The van der Waals surface area contributed by atoms with Crippen LogP contribution < -0.4 is 4.74 Å². The highest BCUT2D eigenvalue weighted by Crippen LogP contribution is 2.35. The molecule has 0 aliphatic carbocycles. The summed E-state index contributed by atoms with van der Waals surface area (Å²) >= 11 is 0. The number of benzene rings is 3. The smallest absolute Gasteiger partial charge is 0.143 e. The first-order valence-corrected chi connectivity index (χ1v) is 7.93. The van der Waals surface area contributed by atoms with Gasteiger partial charge in [0.1, 0.15) is 28.6 Å². The van der Waals surface area contributed by atoms with Crippen LogP contribution in [0, 0.1) is 0 Å². The van der Waals surface area contributed by atoms with Crippen LogP contribution in [-0.2, 0) is 0 Å². The van der Waals surface area contributed by atoms with Gasteiger partial charge in [0.25, 0.3) is 0 Å². The fourth-order valence-corrected chi connectivity index (χ4v) is 2.35. The molecule has 0 saturated heterocycles. The van der Waals surface area contributed by atoms with E-state index in [0.717, 1.165) is 16.9 Å². The summed E-state index contributed by atoms with van der Waals surface area (Å²) in [5.74, 6) is 0.867. The molecule has 0 amide bonds. The van der Waals surface area contributed by atoms with Gasteiger partial charge in [0.15, 0.2) is 0 Å². The van der Waals surface area contributed by atoms with Crippen molar-refractivity contribution in [3.63, 3.8) is 0 Å². The van der Waals surface area contributed by atoms with E-state index in [1.165, 1.54) is 6.07 Å². The van der Waals surface area contributed by atoms with Crippen LogP contribution in [0.4, 0.5) is 11.4 Å². The number of azo groups is 1. The van der Waals surface area contributed by atoms with Gasteiger partial charge in [-0.2, -0.15) is 0 Å². The summed E-state index contributed by atoms with van der Waals surface area (Å²) < 4.78 is 5.44. The van der Waals surface area contributed by atoms with Crippen molar-refractivity contribution in [3.05, 3.63) is 66.7 Å². The minimum absolute atomic E-state index is 0.0221. The zero-order chi connectivity index (χ0) is 17.6. The van der Waals surface area contributed by atoms with Gasteiger partial charge < -0.3 is 14.9 Å². The lowest BCUT2D eigenvalue weighted by atomic mass is 10.0. The van der Waals surface area contributed by atoms with E-state index in [4.69, 9.17) is 4.74 Å². The molecule has 0 unspecified atom stereocenters. The van der Waals surface area contributed by atoms with Crippen LogP contribution in [0.1, 0.15) is 6.92 Å². The van der Waals surface area contributed by atoms with Gasteiger partial charge in [0.2, 0.25) is 0 Å². The molecule has 5 nitrogen and oxygen atoms in total. The number of para-hydroxylation sites is 1. The Morgan fingerprint density at radius 1 is 0.760 bits per heavy atom. The molecule has 0 radical (unpaired) electrons. The molecule has 0 atom stereocenters. The molecule has 2 N–H and O–H groups in total. The van der Waals surface area contributed by atoms with Crippen molar-refractivity contribution in [1.82, 2.24) is 0 Å². The predicted molar refractivity (Wildman–Crippen MR) is 97.0 cm³/mol. The fraction of sp³-hybridized carbons (Fsp3) is 0.100. The maximum Gasteiger partial charge on any atom is 0.143 e. The summed E-state index contributed by atoms with van der Waals surface area (Å²) in [4.78, 5) is 0. The molecule has 126 valence electrons. The first-order chi connectivity index (χ1) is 12.2. The summed E-state index contributed by atoms with van der Waals surface area (Å²) in [6, 6.07) is 19.5. The minimum Gasteiger partial charge on any atom is -0.506 e. The highest BCUT2D eigenvalue weighted by molar-refractivity contribution is 5.70. The summed E-state index contributed by atoms with van der Waals surface area (Å²) in [6.45, 7) is 2.56. The van der Waals surface area contributed by atoms with E-state index in [0.29, 0.717) is 18.0 Å². The molecule has 25 heavy (non-hydrogen) atoms. The number of nitrogens with zero attached hydrogens (tertiary/aromatic N) is 2. The normalized spacial score (nSPS) is 10.9. The van der Waals surface area contributed by atoms with Crippen LogP contribution in [0.5, 0.6) is 17.2 Å². The summed E-state index contributed by atoms with van der Waals surface area (Å²) in [5.41, 5.74) is 2.54.